The minimum absolute atomic E-state index is 0.0204. The average Bonchev–Trinajstić information content (AvgIpc) is 3.69. The first-order chi connectivity index (χ1) is 27.8. The first-order valence-corrected chi connectivity index (χ1v) is 21.6. The van der Waals surface area contributed by atoms with Gasteiger partial charge in [0.1, 0.15) is 35.0 Å². The first-order valence-electron chi connectivity index (χ1n) is 18.7. The molecule has 3 aromatic carbocycles. The van der Waals surface area contributed by atoms with Gasteiger partial charge in [0, 0.05) is 46.5 Å². The van der Waals surface area contributed by atoms with E-state index in [4.69, 9.17) is 9.72 Å². The molecule has 14 heteroatoms. The number of ether oxygens (including phenoxy) is 1. The van der Waals surface area contributed by atoms with Crippen LogP contribution in [0.5, 0.6) is 0 Å². The molecule has 2 aliphatic heterocycles. The van der Waals surface area contributed by atoms with Crippen molar-refractivity contribution in [2.75, 3.05) is 23.4 Å². The Kier molecular flexibility index (Phi) is 11.8. The van der Waals surface area contributed by atoms with Gasteiger partial charge in [-0.1, -0.05) is 91.0 Å². The summed E-state index contributed by atoms with van der Waals surface area (Å²) >= 11 is 4.04. The highest BCUT2D eigenvalue weighted by molar-refractivity contribution is 8.00. The number of aliphatic carboxylic acids is 1. The van der Waals surface area contributed by atoms with E-state index in [0.717, 1.165) is 27.7 Å². The predicted octanol–water partition coefficient (Wildman–Crippen LogP) is 6.36. The van der Waals surface area contributed by atoms with Gasteiger partial charge in [-0.3, -0.25) is 14.4 Å². The number of aryl methyl sites for hydroxylation is 1. The van der Waals surface area contributed by atoms with Crippen LogP contribution in [0.25, 0.3) is 5.57 Å². The second-order valence-electron chi connectivity index (χ2n) is 15.3. The number of carboxylic acid groups (broad SMARTS) is 1. The SMILES string of the molecule is C[n+]1ccc(SCC2(C(=O)O)CS[C@@H]3C(NC(=O)C(=CC(=O)OC(C)(C)C)c4csc(NC(c5ccccc5)(c5ccccc5)c5ccccc5)n4)C(=O)N3C2)cc1. The number of rotatable bonds is 13. The van der Waals surface area contributed by atoms with Crippen LogP contribution in [0.3, 0.4) is 0 Å². The lowest BCUT2D eigenvalue weighted by Gasteiger charge is -2.53. The molecule has 11 nitrogen and oxygen atoms in total. The number of carboxylic acids is 1. The fourth-order valence-electron chi connectivity index (χ4n) is 7.03. The Morgan fingerprint density at radius 3 is 2.05 bits per heavy atom. The fourth-order valence-corrected chi connectivity index (χ4v) is 10.5. The van der Waals surface area contributed by atoms with E-state index in [0.29, 0.717) is 5.13 Å². The largest absolute Gasteiger partial charge is 0.481 e. The van der Waals surface area contributed by atoms with Crippen molar-refractivity contribution in [3.8, 4) is 0 Å². The normalized spacial score (nSPS) is 19.4. The summed E-state index contributed by atoms with van der Waals surface area (Å²) in [6.07, 6.45) is 4.91. The molecule has 58 heavy (non-hydrogen) atoms. The monoisotopic (exact) mass is 834 g/mol. The minimum atomic E-state index is -1.17. The van der Waals surface area contributed by atoms with Gasteiger partial charge in [0.2, 0.25) is 5.91 Å². The first kappa shape index (κ1) is 40.7. The summed E-state index contributed by atoms with van der Waals surface area (Å²) in [5.41, 5.74) is 0.144. The molecule has 2 aliphatic rings. The molecule has 3 atom stereocenters. The van der Waals surface area contributed by atoms with Gasteiger partial charge < -0.3 is 25.4 Å². The zero-order valence-corrected chi connectivity index (χ0v) is 34.9. The van der Waals surface area contributed by atoms with Crippen LogP contribution in [0, 0.1) is 5.41 Å². The van der Waals surface area contributed by atoms with Gasteiger partial charge in [0.25, 0.3) is 5.91 Å². The number of nitrogens with one attached hydrogen (secondary N) is 2. The Hall–Kier alpha value is -5.44. The molecule has 2 fully saturated rings. The number of esters is 1. The second-order valence-corrected chi connectivity index (χ2v) is 18.3. The summed E-state index contributed by atoms with van der Waals surface area (Å²) in [6, 6.07) is 33.0. The Morgan fingerprint density at radius 2 is 1.52 bits per heavy atom. The molecule has 4 heterocycles. The van der Waals surface area contributed by atoms with E-state index in [9.17, 15) is 24.3 Å². The highest BCUT2D eigenvalue weighted by atomic mass is 32.2. The van der Waals surface area contributed by atoms with Crippen LogP contribution in [0.2, 0.25) is 0 Å². The summed E-state index contributed by atoms with van der Waals surface area (Å²) in [7, 11) is 1.91. The fraction of sp³-hybridized carbons (Fsp3) is 0.273. The van der Waals surface area contributed by atoms with Gasteiger partial charge in [-0.2, -0.15) is 0 Å². The maximum Gasteiger partial charge on any atom is 0.332 e. The van der Waals surface area contributed by atoms with Crippen molar-refractivity contribution in [3.63, 3.8) is 0 Å². The number of fused-ring (bicyclic) bond motifs is 1. The number of β-lactam (4-membered cyclic amide) rings is 1. The predicted molar refractivity (Wildman–Crippen MR) is 227 cm³/mol. The van der Waals surface area contributed by atoms with E-state index in [1.54, 1.807) is 26.2 Å². The molecule has 5 aromatic rings. The molecule has 0 spiro atoms. The van der Waals surface area contributed by atoms with Crippen molar-refractivity contribution in [1.82, 2.24) is 15.2 Å². The van der Waals surface area contributed by atoms with Crippen LogP contribution in [0.1, 0.15) is 43.2 Å². The van der Waals surface area contributed by atoms with Gasteiger partial charge in [0.15, 0.2) is 17.5 Å². The molecular weight excluding hydrogens is 791 g/mol. The molecule has 2 aromatic heterocycles. The number of nitrogens with zero attached hydrogens (tertiary/aromatic N) is 3. The van der Waals surface area contributed by atoms with Crippen LogP contribution in [-0.2, 0) is 36.5 Å². The molecule has 0 radical (unpaired) electrons. The molecule has 7 rings (SSSR count). The standard InChI is InChI=1S/C44H43N5O6S3/c1-42(2,3)55-35(50)24-33(37(51)46-36-38(52)49-26-43(40(53)54,28-58-39(36)49)27-57-32-20-22-48(4)23-21-32)34-25-56-41(45-34)47-44(29-14-8-5-9-15-29,30-16-10-6-11-17-30)31-18-12-7-13-19-31/h5-25,36,39H,26-28H2,1-4H3,(H2-,45,46,47,51,53,54)/p+1/t36?,39-,43?/m1/s1. The Bertz CT molecular complexity index is 2220. The van der Waals surface area contributed by atoms with Gasteiger partial charge in [-0.15, -0.1) is 34.9 Å². The molecule has 0 aliphatic carbocycles. The number of amides is 2. The Labute approximate surface area is 349 Å². The Balaban J connectivity index is 1.15. The number of thioether (sulfide) groups is 2. The van der Waals surface area contributed by atoms with Crippen molar-refractivity contribution in [3.05, 3.63) is 149 Å². The molecule has 3 N–H and O–H groups in total. The highest BCUT2D eigenvalue weighted by Gasteiger charge is 2.57. The van der Waals surface area contributed by atoms with Crippen LogP contribution < -0.4 is 15.2 Å². The van der Waals surface area contributed by atoms with E-state index in [1.165, 1.54) is 39.8 Å². The highest BCUT2D eigenvalue weighted by Crippen LogP contribution is 2.45. The number of pyridine rings is 1. The molecule has 298 valence electrons. The number of carbonyl (C=O) groups is 4. The molecule has 2 saturated heterocycles. The van der Waals surface area contributed by atoms with Crippen LogP contribution in [0.15, 0.2) is 132 Å². The number of anilines is 1. The van der Waals surface area contributed by atoms with Crippen molar-refractivity contribution in [2.45, 2.75) is 48.2 Å². The minimum Gasteiger partial charge on any atom is -0.481 e. The smallest absolute Gasteiger partial charge is 0.332 e. The topological polar surface area (TPSA) is 142 Å². The van der Waals surface area contributed by atoms with E-state index in [1.807, 2.05) is 127 Å². The third-order valence-electron chi connectivity index (χ3n) is 9.96. The van der Waals surface area contributed by atoms with Gasteiger partial charge in [-0.25, -0.2) is 14.3 Å². The lowest BCUT2D eigenvalue weighted by molar-refractivity contribution is -0.671. The van der Waals surface area contributed by atoms with Gasteiger partial charge in [-0.05, 0) is 37.5 Å². The van der Waals surface area contributed by atoms with Crippen LogP contribution in [0.4, 0.5) is 5.13 Å². The van der Waals surface area contributed by atoms with E-state index < -0.39 is 45.8 Å². The number of benzene rings is 3. The quantitative estimate of drug-likeness (QED) is 0.0307. The second kappa shape index (κ2) is 16.8. The number of aromatic nitrogens is 2. The van der Waals surface area contributed by atoms with Gasteiger partial charge >= 0.3 is 11.9 Å². The maximum absolute atomic E-state index is 14.2. The van der Waals surface area contributed by atoms with Crippen molar-refractivity contribution in [1.29, 1.82) is 0 Å². The molecule has 2 unspecified atom stereocenters. The summed E-state index contributed by atoms with van der Waals surface area (Å²) in [5.74, 6) is -2.24. The number of hydrogen-bond donors (Lipinski definition) is 3. The van der Waals surface area contributed by atoms with Crippen LogP contribution in [-0.4, -0.2) is 73.8 Å². The lowest BCUT2D eigenvalue weighted by atomic mass is 9.77. The zero-order valence-electron chi connectivity index (χ0n) is 32.5. The molecule has 0 bridgehead atoms. The Morgan fingerprint density at radius 1 is 0.948 bits per heavy atom. The molecule has 2 amide bonds. The van der Waals surface area contributed by atoms with E-state index in [2.05, 4.69) is 10.6 Å². The number of thiazole rings is 1. The molecular formula is C44H44N5O6S3+. The summed E-state index contributed by atoms with van der Waals surface area (Å²) in [5, 5.41) is 18.6. The van der Waals surface area contributed by atoms with E-state index in [-0.39, 0.29) is 35.2 Å². The van der Waals surface area contributed by atoms with Crippen molar-refractivity contribution < 1.29 is 33.6 Å². The van der Waals surface area contributed by atoms with Crippen molar-refractivity contribution >= 4 is 69.3 Å². The van der Waals surface area contributed by atoms with Crippen LogP contribution >= 0.6 is 34.9 Å². The number of hydrogen-bond acceptors (Lipinski definition) is 10. The zero-order chi connectivity index (χ0) is 41.1. The summed E-state index contributed by atoms with van der Waals surface area (Å²) in [4.78, 5) is 61.1. The lowest BCUT2D eigenvalue weighted by Crippen LogP contribution is -2.74. The number of carbonyl (C=O) groups excluding carboxylic acids is 3. The maximum atomic E-state index is 14.2. The summed E-state index contributed by atoms with van der Waals surface area (Å²) < 4.78 is 7.49. The van der Waals surface area contributed by atoms with E-state index >= 15 is 0 Å². The third-order valence-corrected chi connectivity index (χ3v) is 13.6. The average molecular weight is 835 g/mol. The third kappa shape index (κ3) is 8.54. The van der Waals surface area contributed by atoms with Crippen molar-refractivity contribution in [2.24, 2.45) is 12.5 Å². The summed E-state index contributed by atoms with van der Waals surface area (Å²) in [6.45, 7) is 5.22. The van der Waals surface area contributed by atoms with Gasteiger partial charge in [0.05, 0.1) is 11.3 Å². The molecule has 0 saturated carbocycles.